The molecule has 1 aliphatic carbocycles. The molecule has 1 aromatic carbocycles. The zero-order valence-corrected chi connectivity index (χ0v) is 18.1. The van der Waals surface area contributed by atoms with Gasteiger partial charge in [-0.25, -0.2) is 9.19 Å². The van der Waals surface area contributed by atoms with Crippen molar-refractivity contribution in [3.63, 3.8) is 0 Å². The van der Waals surface area contributed by atoms with Crippen molar-refractivity contribution in [2.75, 3.05) is 18.1 Å². The molecule has 156 valence electrons. The summed E-state index contributed by atoms with van der Waals surface area (Å²) in [6.07, 6.45) is 6.92. The van der Waals surface area contributed by atoms with E-state index in [1.807, 2.05) is 18.3 Å². The number of nitrogens with one attached hydrogen (secondary N) is 1. The summed E-state index contributed by atoms with van der Waals surface area (Å²) in [6, 6.07) is 12.9. The Hall–Kier alpha value is -2.51. The van der Waals surface area contributed by atoms with Gasteiger partial charge in [-0.3, -0.25) is 4.98 Å². The van der Waals surface area contributed by atoms with Gasteiger partial charge in [0.2, 0.25) is 0 Å². The van der Waals surface area contributed by atoms with Crippen LogP contribution >= 0.6 is 0 Å². The van der Waals surface area contributed by atoms with Gasteiger partial charge in [0, 0.05) is 54.1 Å². The number of nitrogens with zero attached hydrogens (tertiary/aromatic N) is 3. The number of hydrogen-bond donors (Lipinski definition) is 1. The van der Waals surface area contributed by atoms with Gasteiger partial charge in [-0.2, -0.15) is 8.51 Å². The summed E-state index contributed by atoms with van der Waals surface area (Å²) in [7, 11) is -2.92. The molecule has 1 saturated carbocycles. The van der Waals surface area contributed by atoms with Crippen LogP contribution in [0.5, 0.6) is 0 Å². The number of benzene rings is 1. The van der Waals surface area contributed by atoms with E-state index in [2.05, 4.69) is 41.5 Å². The summed E-state index contributed by atoms with van der Waals surface area (Å²) < 4.78 is 23.5. The predicted octanol–water partition coefficient (Wildman–Crippen LogP) is 3.71. The van der Waals surface area contributed by atoms with E-state index in [-0.39, 0.29) is 0 Å². The fourth-order valence-corrected chi connectivity index (χ4v) is 5.53. The first-order valence-electron chi connectivity index (χ1n) is 10.4. The lowest BCUT2D eigenvalue weighted by Crippen LogP contribution is -2.44. The summed E-state index contributed by atoms with van der Waals surface area (Å²) in [5, 5.41) is 6.07. The van der Waals surface area contributed by atoms with Crippen LogP contribution in [0, 0.1) is 5.92 Å². The van der Waals surface area contributed by atoms with Gasteiger partial charge in [-0.1, -0.05) is 31.2 Å². The molecule has 7 heteroatoms. The van der Waals surface area contributed by atoms with Gasteiger partial charge in [-0.15, -0.1) is 0 Å². The first-order chi connectivity index (χ1) is 14.4. The zero-order chi connectivity index (χ0) is 20.9. The van der Waals surface area contributed by atoms with Crippen LogP contribution in [0.2, 0.25) is 0 Å². The summed E-state index contributed by atoms with van der Waals surface area (Å²) in [5.41, 5.74) is 3.43. The maximum Gasteiger partial charge on any atom is 0.342 e. The molecule has 0 spiro atoms. The van der Waals surface area contributed by atoms with Crippen LogP contribution in [0.4, 0.5) is 5.82 Å². The topological polar surface area (TPSA) is 79.5 Å². The van der Waals surface area contributed by atoms with E-state index in [0.29, 0.717) is 31.0 Å². The minimum Gasteiger partial charge on any atom is -0.367 e. The van der Waals surface area contributed by atoms with Gasteiger partial charge in [0.15, 0.2) is 0 Å². The second-order valence-electron chi connectivity index (χ2n) is 8.58. The Morgan fingerprint density at radius 3 is 2.77 bits per heavy atom. The lowest BCUT2D eigenvalue weighted by Gasteiger charge is -2.43. The van der Waals surface area contributed by atoms with Crippen LogP contribution in [0.25, 0.3) is 10.8 Å². The smallest absolute Gasteiger partial charge is 0.342 e. The first-order valence-corrected chi connectivity index (χ1v) is 12.3. The average molecular weight is 424 g/mol. The third-order valence-electron chi connectivity index (χ3n) is 6.72. The van der Waals surface area contributed by atoms with Crippen LogP contribution in [0.3, 0.4) is 0 Å². The number of hydrogen-bond acceptors (Lipinski definition) is 4. The molecule has 3 unspecified atom stereocenters. The number of anilines is 1. The fraction of sp³-hybridized carbons (Fsp3) is 0.391. The summed E-state index contributed by atoms with van der Waals surface area (Å²) in [4.78, 5) is 9.32. The van der Waals surface area contributed by atoms with Crippen molar-refractivity contribution >= 4 is 26.6 Å². The quantitative estimate of drug-likeness (QED) is 0.649. The van der Waals surface area contributed by atoms with Gasteiger partial charge in [0.25, 0.3) is 0 Å². The Balaban J connectivity index is 1.31. The fourth-order valence-electron chi connectivity index (χ4n) is 4.73. The number of rotatable bonds is 4. The lowest BCUT2D eigenvalue weighted by atomic mass is 9.68. The van der Waals surface area contributed by atoms with Crippen molar-refractivity contribution in [3.8, 4) is 0 Å². The van der Waals surface area contributed by atoms with Gasteiger partial charge in [0.05, 0.1) is 0 Å². The monoisotopic (exact) mass is 423 g/mol. The molecule has 30 heavy (non-hydrogen) atoms. The molecule has 0 amide bonds. The number of fused-ring (bicyclic) bond motifs is 2. The number of aromatic nitrogens is 2. The van der Waals surface area contributed by atoms with E-state index in [0.717, 1.165) is 24.2 Å². The van der Waals surface area contributed by atoms with Crippen LogP contribution in [-0.2, 0) is 23.0 Å². The van der Waals surface area contributed by atoms with Crippen molar-refractivity contribution in [2.24, 2.45) is 5.92 Å². The molecule has 1 fully saturated rings. The highest BCUT2D eigenvalue weighted by Gasteiger charge is 2.40. The van der Waals surface area contributed by atoms with Crippen molar-refractivity contribution in [1.29, 1.82) is 0 Å². The van der Waals surface area contributed by atoms with Crippen molar-refractivity contribution in [3.05, 3.63) is 65.6 Å². The summed E-state index contributed by atoms with van der Waals surface area (Å²) >= 11 is 0. The van der Waals surface area contributed by atoms with Gasteiger partial charge >= 0.3 is 10.0 Å². The molecule has 0 radical (unpaired) electrons. The molecule has 3 heterocycles. The Kier molecular flexibility index (Phi) is 4.75. The third kappa shape index (κ3) is 3.46. The minimum absolute atomic E-state index is 0.355. The highest BCUT2D eigenvalue weighted by atomic mass is 32.2. The largest absolute Gasteiger partial charge is 0.367 e. The normalized spacial score (nSPS) is 25.9. The average Bonchev–Trinajstić information content (AvgIpc) is 2.74. The molecule has 0 saturated heterocycles. The highest BCUT2D eigenvalue weighted by molar-refractivity contribution is 7.88. The Labute approximate surface area is 177 Å². The molecule has 1 aliphatic heterocycles. The van der Waals surface area contributed by atoms with Crippen molar-refractivity contribution in [1.82, 2.24) is 14.3 Å². The Morgan fingerprint density at radius 1 is 1.20 bits per heavy atom. The van der Waals surface area contributed by atoms with Crippen molar-refractivity contribution in [2.45, 2.75) is 38.3 Å². The maximum absolute atomic E-state index is 12.0. The zero-order valence-electron chi connectivity index (χ0n) is 17.3. The second-order valence-corrected chi connectivity index (χ2v) is 10.6. The van der Waals surface area contributed by atoms with E-state index in [4.69, 9.17) is 4.98 Å². The molecule has 4 atom stereocenters. The van der Waals surface area contributed by atoms with Gasteiger partial charge in [0.1, 0.15) is 12.1 Å². The highest BCUT2D eigenvalue weighted by Crippen LogP contribution is 2.44. The van der Waals surface area contributed by atoms with Crippen LogP contribution in [-0.4, -0.2) is 41.5 Å². The van der Waals surface area contributed by atoms with E-state index < -0.39 is 10.0 Å². The van der Waals surface area contributed by atoms with Crippen molar-refractivity contribution < 1.29 is 8.42 Å². The molecule has 0 bridgehead atoms. The Morgan fingerprint density at radius 2 is 2.00 bits per heavy atom. The van der Waals surface area contributed by atoms with Crippen LogP contribution in [0.1, 0.15) is 36.1 Å². The molecule has 2 N–H and O–H groups in total. The van der Waals surface area contributed by atoms with Crippen LogP contribution < -0.4 is 5.32 Å². The van der Waals surface area contributed by atoms with E-state index in [1.165, 1.54) is 28.3 Å². The predicted molar refractivity (Wildman–Crippen MR) is 120 cm³/mol. The molecule has 2 aromatic heterocycles. The summed E-state index contributed by atoms with van der Waals surface area (Å²) in [5.74, 6) is 1.83. The van der Waals surface area contributed by atoms with Crippen LogP contribution in [0.15, 0.2) is 48.8 Å². The molecule has 5 rings (SSSR count). The SMILES string of the molecule is C[C@H]1C(Nc2nccc3c2CCN(S(C)(=O)=[OH+])C3)CC1c1cc2ccccc2cn1. The number of pyridine rings is 2. The second kappa shape index (κ2) is 7.32. The molecule has 6 nitrogen and oxygen atoms in total. The molecular weight excluding hydrogens is 396 g/mol. The first kappa shape index (κ1) is 19.5. The van der Waals surface area contributed by atoms with Gasteiger partial charge in [-0.05, 0) is 41.8 Å². The lowest BCUT2D eigenvalue weighted by molar-refractivity contribution is 0.240. The maximum atomic E-state index is 12.0. The Bertz CT molecular complexity index is 1210. The molecule has 3 aromatic rings. The standard InChI is InChI=1S/C23H26N4O2S/c1-15-20(22-11-16-5-3-4-6-17(16)13-25-22)12-21(15)26-23-19-8-10-27(30(2,28)29)14-18(19)7-9-24-23/h3-7,9,11,13,15,20-21H,8,10,12,14H2,1-2H3,(H,24,26)/p+1/t15-,20?,21?/m1/s1. The third-order valence-corrected chi connectivity index (χ3v) is 7.99. The van der Waals surface area contributed by atoms with E-state index >= 15 is 0 Å². The minimum atomic E-state index is -2.92. The van der Waals surface area contributed by atoms with E-state index in [1.54, 1.807) is 10.5 Å². The summed E-state index contributed by atoms with van der Waals surface area (Å²) in [6.45, 7) is 3.34. The molecular formula is C23H27N4O2S+. The van der Waals surface area contributed by atoms with Gasteiger partial charge < -0.3 is 5.32 Å². The molecule has 2 aliphatic rings. The van der Waals surface area contributed by atoms with E-state index in [9.17, 15) is 8.42 Å².